The summed E-state index contributed by atoms with van der Waals surface area (Å²) in [6.07, 6.45) is -0.302. The van der Waals surface area contributed by atoms with Crippen LogP contribution in [0, 0.1) is 0 Å². The lowest BCUT2D eigenvalue weighted by Crippen LogP contribution is -2.30. The lowest BCUT2D eigenvalue weighted by atomic mass is 10.1. The monoisotopic (exact) mass is 305 g/mol. The molecule has 0 bridgehead atoms. The highest BCUT2D eigenvalue weighted by Crippen LogP contribution is 2.29. The number of rotatable bonds is 3. The summed E-state index contributed by atoms with van der Waals surface area (Å²) in [5, 5.41) is -0.729. The van der Waals surface area contributed by atoms with E-state index in [9.17, 15) is 17.1 Å². The van der Waals surface area contributed by atoms with E-state index in [1.54, 1.807) is 31.2 Å². The predicted molar refractivity (Wildman–Crippen MR) is 70.0 cm³/mol. The molecule has 0 spiro atoms. The Labute approximate surface area is 116 Å². The van der Waals surface area contributed by atoms with Crippen molar-refractivity contribution in [1.82, 2.24) is 4.90 Å². The molecule has 1 aromatic carbocycles. The van der Waals surface area contributed by atoms with Crippen molar-refractivity contribution >= 4 is 27.7 Å². The Hall–Kier alpha value is -1.14. The number of carbonyl (C=O) groups is 1. The summed E-state index contributed by atoms with van der Waals surface area (Å²) in [7, 11) is -4.68. The number of hydrogen-bond donors (Lipinski definition) is 0. The van der Waals surface area contributed by atoms with E-state index in [-0.39, 0.29) is 24.9 Å². The number of halogens is 2. The summed E-state index contributed by atoms with van der Waals surface area (Å²) >= 11 is 5.87. The smallest absolute Gasteiger partial charge is 0.307 e. The first-order chi connectivity index (χ1) is 8.79. The Kier molecular flexibility index (Phi) is 3.82. The molecule has 1 heterocycles. The maximum atomic E-state index is 12.9. The molecule has 104 valence electrons. The van der Waals surface area contributed by atoms with Crippen molar-refractivity contribution in [2.45, 2.75) is 24.6 Å². The summed E-state index contributed by atoms with van der Waals surface area (Å²) in [4.78, 5) is 13.2. The van der Waals surface area contributed by atoms with Crippen molar-refractivity contribution in [3.8, 4) is 0 Å². The zero-order valence-electron chi connectivity index (χ0n) is 10.2. The Balaban J connectivity index is 2.21. The lowest BCUT2D eigenvalue weighted by molar-refractivity contribution is -0.129. The van der Waals surface area contributed by atoms with Gasteiger partial charge in [0, 0.05) is 18.0 Å². The van der Waals surface area contributed by atoms with Crippen LogP contribution in [0.5, 0.6) is 0 Å². The Morgan fingerprint density at radius 1 is 1.47 bits per heavy atom. The second-order valence-corrected chi connectivity index (χ2v) is 6.63. The van der Waals surface area contributed by atoms with Crippen molar-refractivity contribution in [3.05, 3.63) is 34.9 Å². The quantitative estimate of drug-likeness (QED) is 0.805. The van der Waals surface area contributed by atoms with Gasteiger partial charge in [-0.1, -0.05) is 23.7 Å². The highest BCUT2D eigenvalue weighted by molar-refractivity contribution is 7.87. The van der Waals surface area contributed by atoms with E-state index in [2.05, 4.69) is 0 Å². The molecule has 7 heteroatoms. The van der Waals surface area contributed by atoms with Crippen LogP contribution in [0.3, 0.4) is 0 Å². The van der Waals surface area contributed by atoms with Gasteiger partial charge in [-0.3, -0.25) is 4.79 Å². The van der Waals surface area contributed by atoms with Crippen molar-refractivity contribution < 1.29 is 17.1 Å². The van der Waals surface area contributed by atoms with Crippen LogP contribution in [0.25, 0.3) is 0 Å². The van der Waals surface area contributed by atoms with Crippen molar-refractivity contribution in [2.24, 2.45) is 0 Å². The molecular formula is C12H13ClFNO3S. The summed E-state index contributed by atoms with van der Waals surface area (Å²) in [6.45, 7) is 1.64. The largest absolute Gasteiger partial charge is 0.334 e. The molecule has 1 aliphatic rings. The molecule has 1 amide bonds. The summed E-state index contributed by atoms with van der Waals surface area (Å²) < 4.78 is 34.7. The van der Waals surface area contributed by atoms with E-state index in [0.717, 1.165) is 5.56 Å². The highest BCUT2D eigenvalue weighted by atomic mass is 35.5. The average Bonchev–Trinajstić information content (AvgIpc) is 2.70. The molecule has 1 fully saturated rings. The van der Waals surface area contributed by atoms with Gasteiger partial charge in [-0.15, -0.1) is 3.89 Å². The van der Waals surface area contributed by atoms with Gasteiger partial charge in [0.15, 0.2) is 0 Å². The van der Waals surface area contributed by atoms with Crippen LogP contribution in [0.4, 0.5) is 3.89 Å². The minimum Gasteiger partial charge on any atom is -0.334 e. The van der Waals surface area contributed by atoms with Crippen LogP contribution in [-0.2, 0) is 15.0 Å². The predicted octanol–water partition coefficient (Wildman–Crippen LogP) is 2.30. The van der Waals surface area contributed by atoms with Gasteiger partial charge in [-0.2, -0.15) is 8.42 Å². The lowest BCUT2D eigenvalue weighted by Gasteiger charge is -2.25. The van der Waals surface area contributed by atoms with Crippen molar-refractivity contribution in [1.29, 1.82) is 0 Å². The zero-order valence-corrected chi connectivity index (χ0v) is 11.8. The van der Waals surface area contributed by atoms with Gasteiger partial charge >= 0.3 is 10.2 Å². The van der Waals surface area contributed by atoms with Crippen molar-refractivity contribution in [3.63, 3.8) is 0 Å². The zero-order chi connectivity index (χ0) is 14.2. The number of hydrogen-bond acceptors (Lipinski definition) is 3. The van der Waals surface area contributed by atoms with Crippen LogP contribution >= 0.6 is 11.6 Å². The molecule has 1 aliphatic heterocycles. The van der Waals surface area contributed by atoms with Crippen molar-refractivity contribution in [2.75, 3.05) is 6.54 Å². The van der Waals surface area contributed by atoms with E-state index in [0.29, 0.717) is 5.02 Å². The van der Waals surface area contributed by atoms with Gasteiger partial charge in [-0.05, 0) is 24.6 Å². The standard InChI is InChI=1S/C12H13ClFNO3S/c1-8(9-3-2-4-10(13)5-9)15-7-11(6-12(15)16)19(14,17)18/h2-5,8,11H,6-7H2,1H3. The highest BCUT2D eigenvalue weighted by Gasteiger charge is 2.40. The van der Waals surface area contributed by atoms with Gasteiger partial charge in [0.1, 0.15) is 5.25 Å². The first-order valence-corrected chi connectivity index (χ1v) is 7.60. The maximum absolute atomic E-state index is 12.9. The maximum Gasteiger partial charge on any atom is 0.307 e. The molecule has 0 aliphatic carbocycles. The topological polar surface area (TPSA) is 54.5 Å². The van der Waals surface area contributed by atoms with Crippen LogP contribution in [0.15, 0.2) is 24.3 Å². The molecule has 0 N–H and O–H groups in total. The third kappa shape index (κ3) is 3.06. The fourth-order valence-corrected chi connectivity index (χ4v) is 3.09. The van der Waals surface area contributed by atoms with E-state index >= 15 is 0 Å². The first-order valence-electron chi connectivity index (χ1n) is 5.77. The van der Waals surface area contributed by atoms with Gasteiger partial charge < -0.3 is 4.90 Å². The third-order valence-corrected chi connectivity index (χ3v) is 4.67. The van der Waals surface area contributed by atoms with Crippen LogP contribution in [-0.4, -0.2) is 31.0 Å². The molecule has 4 nitrogen and oxygen atoms in total. The van der Waals surface area contributed by atoms with Crippen LogP contribution in [0.2, 0.25) is 5.02 Å². The fourth-order valence-electron chi connectivity index (χ4n) is 2.21. The van der Waals surface area contributed by atoms with E-state index in [4.69, 9.17) is 11.6 Å². The number of likely N-dealkylation sites (tertiary alicyclic amines) is 1. The van der Waals surface area contributed by atoms with Gasteiger partial charge in [0.2, 0.25) is 5.91 Å². The Bertz CT molecular complexity index is 605. The van der Waals surface area contributed by atoms with E-state index in [1.165, 1.54) is 4.90 Å². The average molecular weight is 306 g/mol. The number of benzene rings is 1. The number of amides is 1. The first kappa shape index (κ1) is 14.3. The molecule has 2 rings (SSSR count). The molecule has 0 aromatic heterocycles. The van der Waals surface area contributed by atoms with Crippen LogP contribution in [0.1, 0.15) is 24.9 Å². The summed E-state index contributed by atoms with van der Waals surface area (Å²) in [5.74, 6) is -0.362. The fraction of sp³-hybridized carbons (Fsp3) is 0.417. The SMILES string of the molecule is CC(c1cccc(Cl)c1)N1CC(S(=O)(=O)F)CC1=O. The summed E-state index contributed by atoms with van der Waals surface area (Å²) in [6, 6.07) is 6.62. The molecule has 1 saturated heterocycles. The molecule has 0 radical (unpaired) electrons. The van der Waals surface area contributed by atoms with Gasteiger partial charge in [0.05, 0.1) is 6.04 Å². The number of carbonyl (C=O) groups excluding carboxylic acids is 1. The normalized spacial score (nSPS) is 21.7. The summed E-state index contributed by atoms with van der Waals surface area (Å²) in [5.41, 5.74) is 0.790. The van der Waals surface area contributed by atoms with Gasteiger partial charge in [0.25, 0.3) is 0 Å². The second-order valence-electron chi connectivity index (χ2n) is 4.58. The molecular weight excluding hydrogens is 293 g/mol. The number of nitrogens with zero attached hydrogens (tertiary/aromatic N) is 1. The Morgan fingerprint density at radius 3 is 2.68 bits per heavy atom. The van der Waals surface area contributed by atoms with Gasteiger partial charge in [-0.25, -0.2) is 0 Å². The molecule has 1 aromatic rings. The van der Waals surface area contributed by atoms with E-state index in [1.807, 2.05) is 0 Å². The minimum absolute atomic E-state index is 0.120. The second kappa shape index (κ2) is 5.09. The molecule has 19 heavy (non-hydrogen) atoms. The molecule has 0 saturated carbocycles. The van der Waals surface area contributed by atoms with Crippen LogP contribution < -0.4 is 0 Å². The molecule has 2 atom stereocenters. The molecule has 2 unspecified atom stereocenters. The Morgan fingerprint density at radius 2 is 2.16 bits per heavy atom. The third-order valence-electron chi connectivity index (χ3n) is 3.32. The minimum atomic E-state index is -4.68. The van der Waals surface area contributed by atoms with E-state index < -0.39 is 15.5 Å².